The maximum Gasteiger partial charge on any atom is 0.162 e. The molecule has 0 bridgehead atoms. The number of nitrogens with two attached hydrogens (primary N) is 1. The predicted molar refractivity (Wildman–Crippen MR) is 66.6 cm³/mol. The van der Waals surface area contributed by atoms with Crippen LogP contribution in [0.2, 0.25) is 0 Å². The van der Waals surface area contributed by atoms with E-state index in [2.05, 4.69) is 15.9 Å². The van der Waals surface area contributed by atoms with Crippen LogP contribution < -0.4 is 5.73 Å². The predicted octanol–water partition coefficient (Wildman–Crippen LogP) is 2.77. The molecule has 0 aromatic heterocycles. The topological polar surface area (TPSA) is 66.5 Å². The number of halogens is 2. The van der Waals surface area contributed by atoms with E-state index in [0.717, 1.165) is 31.7 Å². The first-order chi connectivity index (χ1) is 8.02. The van der Waals surface area contributed by atoms with Crippen molar-refractivity contribution in [3.05, 3.63) is 21.9 Å². The molecule has 5 heteroatoms. The normalized spacial score (nSPS) is 18.5. The lowest BCUT2D eigenvalue weighted by Gasteiger charge is -2.30. The number of rotatable bonds is 2. The molecule has 1 aliphatic rings. The Kier molecular flexibility index (Phi) is 3.32. The van der Waals surface area contributed by atoms with Crippen molar-refractivity contribution < 1.29 is 14.6 Å². The van der Waals surface area contributed by atoms with Crippen molar-refractivity contribution in [3.8, 4) is 11.5 Å². The van der Waals surface area contributed by atoms with Crippen molar-refractivity contribution in [1.82, 2.24) is 0 Å². The summed E-state index contributed by atoms with van der Waals surface area (Å²) >= 11 is 3.15. The standard InChI is InChI=1S/C12H15BrFNO2/c13-10-7(14)5-8(16)11(17)9(10)12(6-15)3-1-2-4-12/h5,16-17H,1-4,6,15H2. The first-order valence-corrected chi connectivity index (χ1v) is 6.41. The van der Waals surface area contributed by atoms with Gasteiger partial charge in [0.15, 0.2) is 11.5 Å². The molecule has 1 fully saturated rings. The number of aromatic hydroxyl groups is 2. The fraction of sp³-hybridized carbons (Fsp3) is 0.500. The Morgan fingerprint density at radius 3 is 2.47 bits per heavy atom. The molecule has 0 spiro atoms. The van der Waals surface area contributed by atoms with Crippen molar-refractivity contribution in [1.29, 1.82) is 0 Å². The maximum atomic E-state index is 13.6. The van der Waals surface area contributed by atoms with E-state index in [1.54, 1.807) is 0 Å². The second kappa shape index (κ2) is 4.46. The van der Waals surface area contributed by atoms with Gasteiger partial charge in [-0.1, -0.05) is 12.8 Å². The zero-order chi connectivity index (χ0) is 12.6. The van der Waals surface area contributed by atoms with Gasteiger partial charge in [0.2, 0.25) is 0 Å². The minimum atomic E-state index is -0.574. The second-order valence-corrected chi connectivity index (χ2v) is 5.40. The Hall–Kier alpha value is -0.810. The van der Waals surface area contributed by atoms with Gasteiger partial charge in [-0.3, -0.25) is 0 Å². The van der Waals surface area contributed by atoms with Gasteiger partial charge in [-0.05, 0) is 28.8 Å². The fourth-order valence-electron chi connectivity index (χ4n) is 2.70. The Bertz CT molecular complexity index is 418. The Morgan fingerprint density at radius 1 is 1.35 bits per heavy atom. The first-order valence-electron chi connectivity index (χ1n) is 5.62. The van der Waals surface area contributed by atoms with Crippen molar-refractivity contribution in [2.24, 2.45) is 5.73 Å². The number of phenolic OH excluding ortho intramolecular Hbond substituents is 2. The van der Waals surface area contributed by atoms with Crippen LogP contribution in [0.5, 0.6) is 11.5 Å². The third-order valence-electron chi connectivity index (χ3n) is 3.65. The zero-order valence-electron chi connectivity index (χ0n) is 9.34. The Labute approximate surface area is 108 Å². The minimum Gasteiger partial charge on any atom is -0.504 e. The fourth-order valence-corrected chi connectivity index (χ4v) is 3.42. The molecule has 1 aromatic carbocycles. The molecule has 2 rings (SSSR count). The molecular weight excluding hydrogens is 289 g/mol. The molecule has 4 N–H and O–H groups in total. The molecule has 17 heavy (non-hydrogen) atoms. The van der Waals surface area contributed by atoms with Crippen LogP contribution in [0, 0.1) is 5.82 Å². The third kappa shape index (κ3) is 1.91. The molecule has 1 aromatic rings. The smallest absolute Gasteiger partial charge is 0.162 e. The van der Waals surface area contributed by atoms with Crippen molar-refractivity contribution in [2.45, 2.75) is 31.1 Å². The summed E-state index contributed by atoms with van der Waals surface area (Å²) in [7, 11) is 0. The summed E-state index contributed by atoms with van der Waals surface area (Å²) in [4.78, 5) is 0. The van der Waals surface area contributed by atoms with Gasteiger partial charge in [-0.2, -0.15) is 0 Å². The third-order valence-corrected chi connectivity index (χ3v) is 4.43. The molecule has 0 amide bonds. The SMILES string of the molecule is NCC1(c2c(O)c(O)cc(F)c2Br)CCCC1. The molecule has 0 atom stereocenters. The highest BCUT2D eigenvalue weighted by molar-refractivity contribution is 9.10. The highest BCUT2D eigenvalue weighted by Crippen LogP contribution is 2.50. The molecule has 0 unspecified atom stereocenters. The van der Waals surface area contributed by atoms with Crippen LogP contribution in [0.25, 0.3) is 0 Å². The lowest BCUT2D eigenvalue weighted by Crippen LogP contribution is -2.32. The van der Waals surface area contributed by atoms with Crippen LogP contribution in [0.15, 0.2) is 10.5 Å². The largest absolute Gasteiger partial charge is 0.504 e. The van der Waals surface area contributed by atoms with Gasteiger partial charge >= 0.3 is 0 Å². The monoisotopic (exact) mass is 303 g/mol. The quantitative estimate of drug-likeness (QED) is 0.736. The van der Waals surface area contributed by atoms with Crippen LogP contribution >= 0.6 is 15.9 Å². The molecule has 1 aliphatic carbocycles. The van der Waals surface area contributed by atoms with Crippen LogP contribution in [0.3, 0.4) is 0 Å². The van der Waals surface area contributed by atoms with Crippen LogP contribution in [-0.4, -0.2) is 16.8 Å². The van der Waals surface area contributed by atoms with Crippen molar-refractivity contribution >= 4 is 15.9 Å². The molecule has 0 radical (unpaired) electrons. The van der Waals surface area contributed by atoms with Gasteiger partial charge in [0.05, 0.1) is 4.47 Å². The van der Waals surface area contributed by atoms with E-state index >= 15 is 0 Å². The van der Waals surface area contributed by atoms with E-state index in [1.165, 1.54) is 0 Å². The summed E-state index contributed by atoms with van der Waals surface area (Å²) in [6.07, 6.45) is 3.61. The number of benzene rings is 1. The lowest BCUT2D eigenvalue weighted by molar-refractivity contribution is 0.365. The molecule has 0 aliphatic heterocycles. The number of hydrogen-bond acceptors (Lipinski definition) is 3. The van der Waals surface area contributed by atoms with Gasteiger partial charge in [0, 0.05) is 23.6 Å². The Balaban J connectivity index is 2.65. The molecule has 94 valence electrons. The van der Waals surface area contributed by atoms with E-state index < -0.39 is 17.0 Å². The molecule has 0 saturated heterocycles. The summed E-state index contributed by atoms with van der Waals surface area (Å²) < 4.78 is 13.8. The summed E-state index contributed by atoms with van der Waals surface area (Å²) in [6.45, 7) is 0.335. The molecule has 1 saturated carbocycles. The van der Waals surface area contributed by atoms with E-state index in [9.17, 15) is 14.6 Å². The Morgan fingerprint density at radius 2 is 1.94 bits per heavy atom. The maximum absolute atomic E-state index is 13.6. The van der Waals surface area contributed by atoms with E-state index in [-0.39, 0.29) is 10.2 Å². The summed E-state index contributed by atoms with van der Waals surface area (Å²) in [5, 5.41) is 19.5. The van der Waals surface area contributed by atoms with Gasteiger partial charge in [-0.15, -0.1) is 0 Å². The summed E-state index contributed by atoms with van der Waals surface area (Å²) in [5.41, 5.74) is 5.79. The number of phenols is 2. The van der Waals surface area contributed by atoms with Gasteiger partial charge < -0.3 is 15.9 Å². The van der Waals surface area contributed by atoms with E-state index in [0.29, 0.717) is 12.1 Å². The van der Waals surface area contributed by atoms with E-state index in [4.69, 9.17) is 5.73 Å². The number of hydrogen-bond donors (Lipinski definition) is 3. The molecule has 3 nitrogen and oxygen atoms in total. The van der Waals surface area contributed by atoms with Crippen LogP contribution in [0.1, 0.15) is 31.2 Å². The zero-order valence-corrected chi connectivity index (χ0v) is 10.9. The highest BCUT2D eigenvalue weighted by atomic mass is 79.9. The lowest BCUT2D eigenvalue weighted by atomic mass is 9.78. The average Bonchev–Trinajstić information content (AvgIpc) is 2.77. The van der Waals surface area contributed by atoms with Crippen LogP contribution in [-0.2, 0) is 5.41 Å². The van der Waals surface area contributed by atoms with Crippen LogP contribution in [0.4, 0.5) is 4.39 Å². The molecular formula is C12H15BrFNO2. The van der Waals surface area contributed by atoms with Gasteiger partial charge in [0.1, 0.15) is 5.82 Å². The highest BCUT2D eigenvalue weighted by Gasteiger charge is 2.39. The minimum absolute atomic E-state index is 0.208. The van der Waals surface area contributed by atoms with Gasteiger partial charge in [0.25, 0.3) is 0 Å². The van der Waals surface area contributed by atoms with Crippen molar-refractivity contribution in [2.75, 3.05) is 6.54 Å². The first kappa shape index (κ1) is 12.6. The van der Waals surface area contributed by atoms with E-state index in [1.807, 2.05) is 0 Å². The summed E-state index contributed by atoms with van der Waals surface area (Å²) in [5.74, 6) is -1.26. The second-order valence-electron chi connectivity index (χ2n) is 4.61. The molecule has 0 heterocycles. The summed E-state index contributed by atoms with van der Waals surface area (Å²) in [6, 6.07) is 0.905. The van der Waals surface area contributed by atoms with Crippen molar-refractivity contribution in [3.63, 3.8) is 0 Å². The van der Waals surface area contributed by atoms with Gasteiger partial charge in [-0.25, -0.2) is 4.39 Å². The average molecular weight is 304 g/mol.